The summed E-state index contributed by atoms with van der Waals surface area (Å²) in [6.45, 7) is 13.2. The van der Waals surface area contributed by atoms with Crippen molar-refractivity contribution in [3.05, 3.63) is 70.8 Å². The molecule has 7 heteroatoms. The van der Waals surface area contributed by atoms with E-state index in [1.807, 2.05) is 69.3 Å². The number of hydrogen-bond donors (Lipinski definition) is 2. The minimum Gasteiger partial charge on any atom is -0.444 e. The number of ether oxygens (including phenoxy) is 1. The van der Waals surface area contributed by atoms with E-state index < -0.39 is 23.8 Å². The summed E-state index contributed by atoms with van der Waals surface area (Å²) in [4.78, 5) is 40.8. The van der Waals surface area contributed by atoms with Crippen molar-refractivity contribution >= 4 is 17.9 Å². The molecule has 0 spiro atoms. The zero-order chi connectivity index (χ0) is 25.5. The van der Waals surface area contributed by atoms with Gasteiger partial charge in [-0.15, -0.1) is 0 Å². The molecule has 0 saturated carbocycles. The van der Waals surface area contributed by atoms with Crippen LogP contribution in [0.1, 0.15) is 62.9 Å². The first kappa shape index (κ1) is 26.9. The Balaban J connectivity index is 2.34. The predicted octanol–water partition coefficient (Wildman–Crippen LogP) is 4.42. The molecule has 34 heavy (non-hydrogen) atoms. The van der Waals surface area contributed by atoms with Gasteiger partial charge in [-0.1, -0.05) is 48.5 Å². The van der Waals surface area contributed by atoms with Crippen molar-refractivity contribution in [3.8, 4) is 0 Å². The molecule has 7 nitrogen and oxygen atoms in total. The van der Waals surface area contributed by atoms with Crippen molar-refractivity contribution < 1.29 is 19.1 Å². The van der Waals surface area contributed by atoms with Crippen molar-refractivity contribution in [1.82, 2.24) is 15.5 Å². The minimum atomic E-state index is -0.872. The molecule has 2 aromatic carbocycles. The zero-order valence-electron chi connectivity index (χ0n) is 21.3. The SMILES string of the molecule is CCN(C(=O)C(C)NC(=O)OC(C)(C)C)C(C(=O)NCc1ccccc1)c1c(C)cccc1C. The van der Waals surface area contributed by atoms with Gasteiger partial charge in [0.05, 0.1) is 0 Å². The molecule has 184 valence electrons. The Kier molecular flexibility index (Phi) is 9.24. The summed E-state index contributed by atoms with van der Waals surface area (Å²) in [6.07, 6.45) is -0.679. The van der Waals surface area contributed by atoms with Gasteiger partial charge in [-0.05, 0) is 70.7 Å². The Bertz CT molecular complexity index is 978. The van der Waals surface area contributed by atoms with Gasteiger partial charge in [0.15, 0.2) is 0 Å². The van der Waals surface area contributed by atoms with Gasteiger partial charge in [0.1, 0.15) is 17.7 Å². The van der Waals surface area contributed by atoms with E-state index in [9.17, 15) is 14.4 Å². The summed E-state index contributed by atoms with van der Waals surface area (Å²) in [5, 5.41) is 5.59. The van der Waals surface area contributed by atoms with Crippen LogP contribution in [0.4, 0.5) is 4.79 Å². The molecule has 0 aliphatic rings. The van der Waals surface area contributed by atoms with Crippen molar-refractivity contribution in [2.24, 2.45) is 0 Å². The van der Waals surface area contributed by atoms with Crippen molar-refractivity contribution in [2.45, 2.75) is 72.7 Å². The van der Waals surface area contributed by atoms with Crippen LogP contribution in [0.2, 0.25) is 0 Å². The lowest BCUT2D eigenvalue weighted by atomic mass is 9.93. The second-order valence-electron chi connectivity index (χ2n) is 9.40. The third-order valence-electron chi connectivity index (χ3n) is 5.41. The topological polar surface area (TPSA) is 87.7 Å². The average molecular weight is 468 g/mol. The number of hydrogen-bond acceptors (Lipinski definition) is 4. The smallest absolute Gasteiger partial charge is 0.408 e. The fraction of sp³-hybridized carbons (Fsp3) is 0.444. The third-order valence-corrected chi connectivity index (χ3v) is 5.41. The molecule has 0 aliphatic carbocycles. The number of aryl methyl sites for hydroxylation is 2. The van der Waals surface area contributed by atoms with Crippen molar-refractivity contribution in [3.63, 3.8) is 0 Å². The number of nitrogens with zero attached hydrogens (tertiary/aromatic N) is 1. The summed E-state index contributed by atoms with van der Waals surface area (Å²) in [5.74, 6) is -0.642. The lowest BCUT2D eigenvalue weighted by Crippen LogP contribution is -2.52. The lowest BCUT2D eigenvalue weighted by molar-refractivity contribution is -0.142. The highest BCUT2D eigenvalue weighted by Gasteiger charge is 2.35. The zero-order valence-corrected chi connectivity index (χ0v) is 21.3. The molecule has 2 rings (SSSR count). The van der Waals surface area contributed by atoms with E-state index in [2.05, 4.69) is 10.6 Å². The van der Waals surface area contributed by atoms with Crippen LogP contribution in [0.5, 0.6) is 0 Å². The number of alkyl carbamates (subject to hydrolysis) is 1. The van der Waals surface area contributed by atoms with Crippen LogP contribution >= 0.6 is 0 Å². The second-order valence-corrected chi connectivity index (χ2v) is 9.40. The van der Waals surface area contributed by atoms with Gasteiger partial charge >= 0.3 is 6.09 Å². The number of benzene rings is 2. The Hall–Kier alpha value is -3.35. The fourth-order valence-electron chi connectivity index (χ4n) is 3.83. The van der Waals surface area contributed by atoms with Gasteiger partial charge in [-0.3, -0.25) is 9.59 Å². The molecular formula is C27H37N3O4. The first-order valence-corrected chi connectivity index (χ1v) is 11.6. The highest BCUT2D eigenvalue weighted by molar-refractivity contribution is 5.92. The number of nitrogens with one attached hydrogen (secondary N) is 2. The molecule has 2 N–H and O–H groups in total. The molecular weight excluding hydrogens is 430 g/mol. The minimum absolute atomic E-state index is 0.277. The van der Waals surface area contributed by atoms with Gasteiger partial charge in [0.2, 0.25) is 11.8 Å². The Labute approximate surface area is 202 Å². The Morgan fingerprint density at radius 2 is 1.56 bits per heavy atom. The summed E-state index contributed by atoms with van der Waals surface area (Å²) < 4.78 is 5.29. The molecule has 0 aliphatic heterocycles. The third kappa shape index (κ3) is 7.33. The van der Waals surface area contributed by atoms with Crippen LogP contribution in [0, 0.1) is 13.8 Å². The normalized spacial score (nSPS) is 12.9. The maximum absolute atomic E-state index is 13.5. The average Bonchev–Trinajstić information content (AvgIpc) is 2.75. The van der Waals surface area contributed by atoms with E-state index >= 15 is 0 Å². The Morgan fingerprint density at radius 3 is 2.09 bits per heavy atom. The van der Waals surface area contributed by atoms with E-state index in [1.165, 1.54) is 4.90 Å². The van der Waals surface area contributed by atoms with Gasteiger partial charge in [-0.2, -0.15) is 0 Å². The molecule has 2 aromatic rings. The van der Waals surface area contributed by atoms with Crippen LogP contribution in [-0.4, -0.2) is 41.0 Å². The Morgan fingerprint density at radius 1 is 0.971 bits per heavy atom. The number of amides is 3. The van der Waals surface area contributed by atoms with E-state index in [4.69, 9.17) is 4.74 Å². The highest BCUT2D eigenvalue weighted by Crippen LogP contribution is 2.28. The summed E-state index contributed by atoms with van der Waals surface area (Å²) >= 11 is 0. The van der Waals surface area contributed by atoms with Gasteiger partial charge in [0.25, 0.3) is 0 Å². The summed E-state index contributed by atoms with van der Waals surface area (Å²) in [7, 11) is 0. The van der Waals surface area contributed by atoms with Gasteiger partial charge in [-0.25, -0.2) is 4.79 Å². The first-order chi connectivity index (χ1) is 15.9. The van der Waals surface area contributed by atoms with Crippen LogP contribution in [0.15, 0.2) is 48.5 Å². The van der Waals surface area contributed by atoms with Gasteiger partial charge in [0, 0.05) is 13.1 Å². The van der Waals surface area contributed by atoms with E-state index in [1.54, 1.807) is 27.7 Å². The summed E-state index contributed by atoms with van der Waals surface area (Å²) in [5.41, 5.74) is 2.89. The fourth-order valence-corrected chi connectivity index (χ4v) is 3.83. The maximum Gasteiger partial charge on any atom is 0.408 e. The van der Waals surface area contributed by atoms with E-state index in [-0.39, 0.29) is 18.4 Å². The molecule has 0 aromatic heterocycles. The van der Waals surface area contributed by atoms with Crippen LogP contribution < -0.4 is 10.6 Å². The number of rotatable bonds is 8. The van der Waals surface area contributed by atoms with Crippen LogP contribution in [-0.2, 0) is 20.9 Å². The molecule has 0 radical (unpaired) electrons. The number of carbonyl (C=O) groups excluding carboxylic acids is 3. The molecule has 0 saturated heterocycles. The van der Waals surface area contributed by atoms with Crippen LogP contribution in [0.25, 0.3) is 0 Å². The molecule has 0 fully saturated rings. The molecule has 2 atom stereocenters. The predicted molar refractivity (Wildman–Crippen MR) is 133 cm³/mol. The standard InChI is InChI=1S/C27H37N3O4/c1-8-30(25(32)20(4)29-26(33)34-27(5,6)7)23(22-18(2)13-12-14-19(22)3)24(31)28-17-21-15-10-9-11-16-21/h9-16,20,23H,8,17H2,1-7H3,(H,28,31)(H,29,33). The molecule has 2 unspecified atom stereocenters. The van der Waals surface area contributed by atoms with E-state index in [0.29, 0.717) is 6.54 Å². The quantitative estimate of drug-likeness (QED) is 0.602. The monoisotopic (exact) mass is 467 g/mol. The summed E-state index contributed by atoms with van der Waals surface area (Å²) in [6, 6.07) is 13.7. The first-order valence-electron chi connectivity index (χ1n) is 11.6. The molecule has 0 bridgehead atoms. The highest BCUT2D eigenvalue weighted by atomic mass is 16.6. The van der Waals surface area contributed by atoms with Crippen molar-refractivity contribution in [2.75, 3.05) is 6.54 Å². The van der Waals surface area contributed by atoms with Crippen LogP contribution in [0.3, 0.4) is 0 Å². The van der Waals surface area contributed by atoms with Gasteiger partial charge < -0.3 is 20.3 Å². The number of likely N-dealkylation sites (N-methyl/N-ethyl adjacent to an activating group) is 1. The second kappa shape index (κ2) is 11.7. The maximum atomic E-state index is 13.5. The number of carbonyl (C=O) groups is 3. The lowest BCUT2D eigenvalue weighted by Gasteiger charge is -2.34. The van der Waals surface area contributed by atoms with Crippen molar-refractivity contribution in [1.29, 1.82) is 0 Å². The largest absolute Gasteiger partial charge is 0.444 e. The molecule has 3 amide bonds. The van der Waals surface area contributed by atoms with E-state index in [0.717, 1.165) is 22.3 Å². The molecule has 0 heterocycles.